The van der Waals surface area contributed by atoms with Crippen LogP contribution in [0.1, 0.15) is 24.0 Å². The molecule has 0 aliphatic carbocycles. The Labute approximate surface area is 278 Å². The van der Waals surface area contributed by atoms with Gasteiger partial charge < -0.3 is 24.8 Å². The lowest BCUT2D eigenvalue weighted by Crippen LogP contribution is -2.48. The van der Waals surface area contributed by atoms with Crippen molar-refractivity contribution in [2.45, 2.75) is 90.0 Å². The SMILES string of the molecule is C[Si](C)(C)CCOCN(c1nc2cc(CO)ccc2n1COCC[Si](C)(C)C)C(Cc1cccc2ccccc12)C1CCNCC1. The van der Waals surface area contributed by atoms with Gasteiger partial charge in [0, 0.05) is 35.4 Å². The van der Waals surface area contributed by atoms with Gasteiger partial charge in [0.15, 0.2) is 0 Å². The van der Waals surface area contributed by atoms with Crippen LogP contribution in [-0.4, -0.2) is 69.9 Å². The van der Waals surface area contributed by atoms with Crippen LogP contribution in [0, 0.1) is 5.92 Å². The van der Waals surface area contributed by atoms with Gasteiger partial charge in [-0.2, -0.15) is 0 Å². The molecule has 1 fully saturated rings. The number of imidazole rings is 1. The second-order valence-electron chi connectivity index (χ2n) is 15.5. The Morgan fingerprint density at radius 1 is 0.913 bits per heavy atom. The van der Waals surface area contributed by atoms with Gasteiger partial charge in [-0.15, -0.1) is 0 Å². The Morgan fingerprint density at radius 2 is 1.61 bits per heavy atom. The molecule has 5 rings (SSSR count). The number of nitrogens with zero attached hydrogens (tertiary/aromatic N) is 3. The zero-order chi connectivity index (χ0) is 32.7. The number of piperidine rings is 1. The number of anilines is 1. The molecule has 7 nitrogen and oxygen atoms in total. The van der Waals surface area contributed by atoms with Crippen LogP contribution in [0.25, 0.3) is 21.8 Å². The van der Waals surface area contributed by atoms with E-state index in [9.17, 15) is 5.11 Å². The third kappa shape index (κ3) is 9.29. The summed E-state index contributed by atoms with van der Waals surface area (Å²) in [4.78, 5) is 7.78. The van der Waals surface area contributed by atoms with Crippen molar-refractivity contribution in [3.8, 4) is 0 Å². The number of nitrogens with one attached hydrogen (secondary N) is 1. The molecule has 3 aromatic carbocycles. The molecule has 46 heavy (non-hydrogen) atoms. The molecule has 0 amide bonds. The van der Waals surface area contributed by atoms with Crippen LogP contribution in [-0.2, 0) is 29.2 Å². The Bertz CT molecular complexity index is 1550. The van der Waals surface area contributed by atoms with Gasteiger partial charge in [0.05, 0.1) is 17.6 Å². The summed E-state index contributed by atoms with van der Waals surface area (Å²) in [5.74, 6) is 1.38. The number of ether oxygens (including phenoxy) is 2. The lowest BCUT2D eigenvalue weighted by molar-refractivity contribution is 0.0872. The first-order chi connectivity index (χ1) is 22.0. The van der Waals surface area contributed by atoms with Crippen LogP contribution < -0.4 is 10.2 Å². The molecule has 2 heterocycles. The average Bonchev–Trinajstić information content (AvgIpc) is 3.39. The molecule has 0 radical (unpaired) electrons. The quantitative estimate of drug-likeness (QED) is 0.0729. The third-order valence-electron chi connectivity index (χ3n) is 9.31. The van der Waals surface area contributed by atoms with Crippen LogP contribution >= 0.6 is 0 Å². The predicted octanol–water partition coefficient (Wildman–Crippen LogP) is 7.72. The highest BCUT2D eigenvalue weighted by molar-refractivity contribution is 6.76. The van der Waals surface area contributed by atoms with E-state index in [1.165, 1.54) is 16.3 Å². The zero-order valence-corrected chi connectivity index (χ0v) is 31.0. The maximum Gasteiger partial charge on any atom is 0.210 e. The van der Waals surface area contributed by atoms with Gasteiger partial charge in [-0.1, -0.05) is 87.8 Å². The lowest BCUT2D eigenvalue weighted by Gasteiger charge is -2.40. The average molecular weight is 661 g/mol. The number of rotatable bonds is 16. The molecule has 4 aromatic rings. The number of aliphatic hydroxyl groups excluding tert-OH is 1. The summed E-state index contributed by atoms with van der Waals surface area (Å²) in [5, 5.41) is 16.2. The van der Waals surface area contributed by atoms with E-state index in [4.69, 9.17) is 14.5 Å². The molecule has 1 aliphatic rings. The Balaban J connectivity index is 1.58. The van der Waals surface area contributed by atoms with Gasteiger partial charge in [-0.3, -0.25) is 4.57 Å². The Kier molecular flexibility index (Phi) is 11.8. The molecule has 1 aliphatic heterocycles. The number of aromatic nitrogens is 2. The minimum absolute atomic E-state index is 0.00680. The first kappa shape index (κ1) is 34.8. The van der Waals surface area contributed by atoms with Crippen molar-refractivity contribution in [2.24, 2.45) is 5.92 Å². The van der Waals surface area contributed by atoms with Gasteiger partial charge in [-0.05, 0) is 84.4 Å². The van der Waals surface area contributed by atoms with Gasteiger partial charge in [-0.25, -0.2) is 4.98 Å². The molecule has 0 spiro atoms. The smallest absolute Gasteiger partial charge is 0.210 e. The van der Waals surface area contributed by atoms with Gasteiger partial charge in [0.1, 0.15) is 13.5 Å². The summed E-state index contributed by atoms with van der Waals surface area (Å²) >= 11 is 0. The maximum atomic E-state index is 9.96. The van der Waals surface area contributed by atoms with E-state index in [0.29, 0.717) is 19.4 Å². The number of hydrogen-bond donors (Lipinski definition) is 2. The standard InChI is InChI=1S/C37H56N4O3Si2/c1-45(2,3)22-20-43-27-40-35-15-14-29(26-42)24-34(35)39-37(40)41(28-44-21-23-46(4,5)6)36(31-16-18-38-19-17-31)25-32-12-9-11-30-10-7-8-13-33(30)32/h7-15,24,31,36,38,42H,16-23,25-28H2,1-6H3. The lowest BCUT2D eigenvalue weighted by atomic mass is 9.84. The molecule has 1 saturated heterocycles. The van der Waals surface area contributed by atoms with E-state index in [1.807, 2.05) is 12.1 Å². The van der Waals surface area contributed by atoms with Crippen LogP contribution in [0.5, 0.6) is 0 Å². The van der Waals surface area contributed by atoms with Crippen LogP contribution in [0.3, 0.4) is 0 Å². The Hall–Kier alpha value is -2.54. The number of benzene rings is 3. The normalized spacial score (nSPS) is 15.5. The molecule has 1 atom stereocenters. The molecule has 250 valence electrons. The fourth-order valence-corrected chi connectivity index (χ4v) is 7.95. The topological polar surface area (TPSA) is 71.8 Å². The van der Waals surface area contributed by atoms with Gasteiger partial charge in [0.2, 0.25) is 5.95 Å². The van der Waals surface area contributed by atoms with E-state index in [2.05, 4.69) is 103 Å². The van der Waals surface area contributed by atoms with E-state index < -0.39 is 16.1 Å². The molecular formula is C37H56N4O3Si2. The van der Waals surface area contributed by atoms with Crippen molar-refractivity contribution in [3.05, 3.63) is 71.8 Å². The summed E-state index contributed by atoms with van der Waals surface area (Å²) in [6.07, 6.45) is 3.13. The highest BCUT2D eigenvalue weighted by Gasteiger charge is 2.33. The van der Waals surface area contributed by atoms with Crippen LogP contribution in [0.15, 0.2) is 60.7 Å². The van der Waals surface area contributed by atoms with Crippen LogP contribution in [0.4, 0.5) is 5.95 Å². The van der Waals surface area contributed by atoms with Crippen molar-refractivity contribution in [3.63, 3.8) is 0 Å². The molecule has 1 unspecified atom stereocenters. The summed E-state index contributed by atoms with van der Waals surface area (Å²) in [7, 11) is -2.49. The first-order valence-electron chi connectivity index (χ1n) is 17.2. The molecule has 0 bridgehead atoms. The van der Waals surface area contributed by atoms with Crippen molar-refractivity contribution < 1.29 is 14.6 Å². The fourth-order valence-electron chi connectivity index (χ4n) is 6.44. The second kappa shape index (κ2) is 15.6. The highest BCUT2D eigenvalue weighted by Crippen LogP contribution is 2.33. The third-order valence-corrected chi connectivity index (χ3v) is 12.7. The Morgan fingerprint density at radius 3 is 2.33 bits per heavy atom. The number of hydrogen-bond acceptors (Lipinski definition) is 6. The summed E-state index contributed by atoms with van der Waals surface area (Å²) in [6, 6.07) is 24.0. The molecule has 9 heteroatoms. The summed E-state index contributed by atoms with van der Waals surface area (Å²) < 4.78 is 15.3. The van der Waals surface area contributed by atoms with E-state index >= 15 is 0 Å². The molecule has 1 aromatic heterocycles. The second-order valence-corrected chi connectivity index (χ2v) is 26.7. The minimum Gasteiger partial charge on any atom is -0.392 e. The van der Waals surface area contributed by atoms with Crippen molar-refractivity contribution in [1.29, 1.82) is 0 Å². The van der Waals surface area contributed by atoms with E-state index in [0.717, 1.165) is 80.2 Å². The predicted molar refractivity (Wildman–Crippen MR) is 198 cm³/mol. The van der Waals surface area contributed by atoms with Crippen molar-refractivity contribution in [1.82, 2.24) is 14.9 Å². The van der Waals surface area contributed by atoms with Gasteiger partial charge >= 0.3 is 0 Å². The monoisotopic (exact) mass is 660 g/mol. The van der Waals surface area contributed by atoms with E-state index in [-0.39, 0.29) is 12.6 Å². The van der Waals surface area contributed by atoms with Gasteiger partial charge in [0.25, 0.3) is 0 Å². The fraction of sp³-hybridized carbons (Fsp3) is 0.541. The van der Waals surface area contributed by atoms with Crippen molar-refractivity contribution in [2.75, 3.05) is 37.9 Å². The molecule has 0 saturated carbocycles. The molecular weight excluding hydrogens is 605 g/mol. The summed E-state index contributed by atoms with van der Waals surface area (Å²) in [6.45, 7) is 18.8. The minimum atomic E-state index is -1.26. The molecule has 2 N–H and O–H groups in total. The summed E-state index contributed by atoms with van der Waals surface area (Å²) in [5.41, 5.74) is 4.15. The zero-order valence-electron chi connectivity index (χ0n) is 29.0. The van der Waals surface area contributed by atoms with E-state index in [1.54, 1.807) is 0 Å². The highest BCUT2D eigenvalue weighted by atomic mass is 28.3. The van der Waals surface area contributed by atoms with Crippen molar-refractivity contribution >= 4 is 43.9 Å². The van der Waals surface area contributed by atoms with Crippen LogP contribution in [0.2, 0.25) is 51.4 Å². The number of aliphatic hydroxyl groups is 1. The number of fused-ring (bicyclic) bond motifs is 2. The first-order valence-corrected chi connectivity index (χ1v) is 24.6. The maximum absolute atomic E-state index is 9.96. The largest absolute Gasteiger partial charge is 0.392 e.